The highest BCUT2D eigenvalue weighted by Crippen LogP contribution is 2.07. The molecule has 0 unspecified atom stereocenters. The molecule has 0 N–H and O–H groups in total. The first kappa shape index (κ1) is 9.63. The summed E-state index contributed by atoms with van der Waals surface area (Å²) in [5.41, 5.74) is 1.51. The van der Waals surface area contributed by atoms with Gasteiger partial charge < -0.3 is 0 Å². The molecule has 0 rings (SSSR count). The number of aldehydes is 1. The van der Waals surface area contributed by atoms with Crippen molar-refractivity contribution < 1.29 is 4.79 Å². The van der Waals surface area contributed by atoms with Crippen LogP contribution in [0.2, 0.25) is 0 Å². The van der Waals surface area contributed by atoms with E-state index in [-0.39, 0.29) is 0 Å². The van der Waals surface area contributed by atoms with E-state index in [1.807, 2.05) is 6.08 Å². The Morgan fingerprint density at radius 3 is 2.36 bits per heavy atom. The van der Waals surface area contributed by atoms with E-state index in [0.29, 0.717) is 12.0 Å². The molecular formula is C10H12O. The molecule has 0 aromatic rings. The van der Waals surface area contributed by atoms with E-state index in [1.165, 1.54) is 0 Å². The molecule has 0 heterocycles. The first-order valence-electron chi connectivity index (χ1n) is 3.31. The van der Waals surface area contributed by atoms with E-state index in [2.05, 4.69) is 19.7 Å². The summed E-state index contributed by atoms with van der Waals surface area (Å²) in [5, 5.41) is 0. The number of carbonyl (C=O) groups is 1. The summed E-state index contributed by atoms with van der Waals surface area (Å²) in [5.74, 6) is 0. The zero-order valence-corrected chi connectivity index (χ0v) is 6.55. The molecule has 1 heteroatoms. The molecule has 0 aliphatic carbocycles. The lowest BCUT2D eigenvalue weighted by molar-refractivity contribution is -0.104. The Balaban J connectivity index is 4.19. The topological polar surface area (TPSA) is 17.1 Å². The molecule has 58 valence electrons. The van der Waals surface area contributed by atoms with E-state index in [4.69, 9.17) is 0 Å². The Labute approximate surface area is 67.4 Å². The van der Waals surface area contributed by atoms with Crippen molar-refractivity contribution in [2.75, 3.05) is 0 Å². The molecule has 0 aliphatic heterocycles. The van der Waals surface area contributed by atoms with Gasteiger partial charge in [0.05, 0.1) is 0 Å². The summed E-state index contributed by atoms with van der Waals surface area (Å²) < 4.78 is 0. The van der Waals surface area contributed by atoms with Gasteiger partial charge in [-0.25, -0.2) is 0 Å². The number of allylic oxidation sites excluding steroid dienone is 5. The summed E-state index contributed by atoms with van der Waals surface area (Å²) in [6.45, 7) is 10.7. The Bertz CT molecular complexity index is 209. The van der Waals surface area contributed by atoms with Crippen LogP contribution in [0, 0.1) is 0 Å². The van der Waals surface area contributed by atoms with E-state index in [9.17, 15) is 4.79 Å². The SMILES string of the molecule is C=C/C=C(\C=C)CC(=C)C=O. The molecule has 0 fully saturated rings. The maximum Gasteiger partial charge on any atom is 0.145 e. The van der Waals surface area contributed by atoms with Crippen LogP contribution in [-0.2, 0) is 4.79 Å². The van der Waals surface area contributed by atoms with Gasteiger partial charge in [-0.1, -0.05) is 38.0 Å². The van der Waals surface area contributed by atoms with Crippen molar-refractivity contribution in [2.45, 2.75) is 6.42 Å². The van der Waals surface area contributed by atoms with Crippen LogP contribution in [-0.4, -0.2) is 6.29 Å². The van der Waals surface area contributed by atoms with Crippen LogP contribution < -0.4 is 0 Å². The molecule has 0 saturated carbocycles. The molecule has 1 nitrogen and oxygen atoms in total. The molecule has 0 bridgehead atoms. The zero-order valence-electron chi connectivity index (χ0n) is 6.55. The lowest BCUT2D eigenvalue weighted by atomic mass is 10.1. The molecule has 0 spiro atoms. The Hall–Kier alpha value is -1.37. The van der Waals surface area contributed by atoms with Crippen molar-refractivity contribution in [1.29, 1.82) is 0 Å². The zero-order chi connectivity index (χ0) is 8.69. The number of rotatable bonds is 5. The molecular weight excluding hydrogens is 136 g/mol. The maximum absolute atomic E-state index is 10.2. The third-order valence-electron chi connectivity index (χ3n) is 1.19. The van der Waals surface area contributed by atoms with Gasteiger partial charge in [0.25, 0.3) is 0 Å². The predicted molar refractivity (Wildman–Crippen MR) is 48.3 cm³/mol. The highest BCUT2D eigenvalue weighted by molar-refractivity contribution is 5.73. The lowest BCUT2D eigenvalue weighted by Crippen LogP contribution is -1.84. The summed E-state index contributed by atoms with van der Waals surface area (Å²) >= 11 is 0. The molecule has 0 saturated heterocycles. The Morgan fingerprint density at radius 2 is 2.00 bits per heavy atom. The van der Waals surface area contributed by atoms with E-state index in [0.717, 1.165) is 11.9 Å². The van der Waals surface area contributed by atoms with E-state index >= 15 is 0 Å². The van der Waals surface area contributed by atoms with Crippen LogP contribution in [0.5, 0.6) is 0 Å². The van der Waals surface area contributed by atoms with Gasteiger partial charge in [0.15, 0.2) is 0 Å². The van der Waals surface area contributed by atoms with Crippen molar-refractivity contribution in [2.24, 2.45) is 0 Å². The predicted octanol–water partition coefficient (Wildman–Crippen LogP) is 2.43. The first-order chi connectivity index (χ1) is 5.24. The van der Waals surface area contributed by atoms with Gasteiger partial charge in [0, 0.05) is 6.42 Å². The van der Waals surface area contributed by atoms with Gasteiger partial charge >= 0.3 is 0 Å². The van der Waals surface area contributed by atoms with Crippen LogP contribution in [0.4, 0.5) is 0 Å². The third-order valence-corrected chi connectivity index (χ3v) is 1.19. The van der Waals surface area contributed by atoms with Crippen molar-refractivity contribution in [3.63, 3.8) is 0 Å². The minimum absolute atomic E-state index is 0.554. The minimum Gasteiger partial charge on any atom is -0.298 e. The van der Waals surface area contributed by atoms with Crippen LogP contribution >= 0.6 is 0 Å². The van der Waals surface area contributed by atoms with Crippen LogP contribution in [0.25, 0.3) is 0 Å². The molecule has 11 heavy (non-hydrogen) atoms. The number of carbonyl (C=O) groups excluding carboxylic acids is 1. The largest absolute Gasteiger partial charge is 0.298 e. The van der Waals surface area contributed by atoms with Crippen molar-refractivity contribution in [3.8, 4) is 0 Å². The average molecular weight is 148 g/mol. The standard InChI is InChI=1S/C10H12O/c1-4-6-10(5-2)7-9(3)8-11/h4-6,8H,1-3,7H2/b10-6+. The quantitative estimate of drug-likeness (QED) is 0.332. The summed E-state index contributed by atoms with van der Waals surface area (Å²) in [6.07, 6.45) is 6.46. The maximum atomic E-state index is 10.2. The summed E-state index contributed by atoms with van der Waals surface area (Å²) in [4.78, 5) is 10.2. The molecule has 0 atom stereocenters. The minimum atomic E-state index is 0.554. The highest BCUT2D eigenvalue weighted by Gasteiger charge is 1.93. The van der Waals surface area contributed by atoms with Gasteiger partial charge in [0.2, 0.25) is 0 Å². The Kier molecular flexibility index (Phi) is 4.74. The van der Waals surface area contributed by atoms with Crippen LogP contribution in [0.1, 0.15) is 6.42 Å². The fraction of sp³-hybridized carbons (Fsp3) is 0.100. The molecule has 0 aliphatic rings. The Morgan fingerprint density at radius 1 is 1.36 bits per heavy atom. The molecule has 0 aromatic heterocycles. The van der Waals surface area contributed by atoms with Gasteiger partial charge in [-0.3, -0.25) is 4.79 Å². The average Bonchev–Trinajstić information content (AvgIpc) is 2.03. The monoisotopic (exact) mass is 148 g/mol. The second kappa shape index (κ2) is 5.42. The fourth-order valence-corrected chi connectivity index (χ4v) is 0.654. The molecule has 0 amide bonds. The summed E-state index contributed by atoms with van der Waals surface area (Å²) in [6, 6.07) is 0. The molecule has 0 radical (unpaired) electrons. The second-order valence-corrected chi connectivity index (χ2v) is 2.13. The van der Waals surface area contributed by atoms with Crippen LogP contribution in [0.3, 0.4) is 0 Å². The third kappa shape index (κ3) is 4.09. The normalized spacial score (nSPS) is 10.4. The second-order valence-electron chi connectivity index (χ2n) is 2.13. The van der Waals surface area contributed by atoms with Gasteiger partial charge in [-0.2, -0.15) is 0 Å². The first-order valence-corrected chi connectivity index (χ1v) is 3.31. The summed E-state index contributed by atoms with van der Waals surface area (Å²) in [7, 11) is 0. The van der Waals surface area contributed by atoms with Crippen molar-refractivity contribution >= 4 is 6.29 Å². The van der Waals surface area contributed by atoms with Gasteiger partial charge in [-0.15, -0.1) is 0 Å². The highest BCUT2D eigenvalue weighted by atomic mass is 16.1. The number of hydrogen-bond acceptors (Lipinski definition) is 1. The lowest BCUT2D eigenvalue weighted by Gasteiger charge is -1.96. The fourth-order valence-electron chi connectivity index (χ4n) is 0.654. The van der Waals surface area contributed by atoms with Gasteiger partial charge in [-0.05, 0) is 11.1 Å². The van der Waals surface area contributed by atoms with Crippen molar-refractivity contribution in [3.05, 3.63) is 49.1 Å². The van der Waals surface area contributed by atoms with Crippen molar-refractivity contribution in [1.82, 2.24) is 0 Å². The van der Waals surface area contributed by atoms with E-state index in [1.54, 1.807) is 12.2 Å². The number of hydrogen-bond donors (Lipinski definition) is 0. The van der Waals surface area contributed by atoms with E-state index < -0.39 is 0 Å². The molecule has 0 aromatic carbocycles. The smallest absolute Gasteiger partial charge is 0.145 e. The van der Waals surface area contributed by atoms with Crippen LogP contribution in [0.15, 0.2) is 49.1 Å². The van der Waals surface area contributed by atoms with Gasteiger partial charge in [0.1, 0.15) is 6.29 Å².